The van der Waals surface area contributed by atoms with Crippen LogP contribution >= 0.6 is 0 Å². The monoisotopic (exact) mass is 850 g/mol. The van der Waals surface area contributed by atoms with E-state index in [1.807, 2.05) is 24.3 Å². The molecule has 4 saturated carbocycles. The maximum Gasteiger partial charge on any atom is 0.347 e. The zero-order valence-electron chi connectivity index (χ0n) is 37.5. The van der Waals surface area contributed by atoms with E-state index in [9.17, 15) is 19.5 Å². The number of cyclic esters (lactones) is 3. The van der Waals surface area contributed by atoms with Crippen molar-refractivity contribution in [3.8, 4) is 23.0 Å². The lowest BCUT2D eigenvalue weighted by Crippen LogP contribution is -2.55. The molecule has 10 unspecified atom stereocenters. The molecular formula is C55H62O8. The summed E-state index contributed by atoms with van der Waals surface area (Å²) >= 11 is 0. The minimum Gasteiger partial charge on any atom is -0.457 e. The highest BCUT2D eigenvalue weighted by atomic mass is 16.6. The molecule has 330 valence electrons. The van der Waals surface area contributed by atoms with Gasteiger partial charge in [0.25, 0.3) is 0 Å². The summed E-state index contributed by atoms with van der Waals surface area (Å²) in [6.07, 6.45) is 14.3. The molecule has 0 spiro atoms. The summed E-state index contributed by atoms with van der Waals surface area (Å²) in [6, 6.07) is 26.9. The van der Waals surface area contributed by atoms with Crippen molar-refractivity contribution < 1.29 is 38.4 Å². The molecule has 0 saturated heterocycles. The second kappa shape index (κ2) is 15.9. The van der Waals surface area contributed by atoms with Gasteiger partial charge in [0.1, 0.15) is 23.0 Å². The minimum absolute atomic E-state index is 0.223. The summed E-state index contributed by atoms with van der Waals surface area (Å²) in [5, 5.41) is 10.3. The van der Waals surface area contributed by atoms with Crippen molar-refractivity contribution in [1.29, 1.82) is 0 Å². The van der Waals surface area contributed by atoms with Crippen LogP contribution in [-0.2, 0) is 14.9 Å². The fourth-order valence-corrected chi connectivity index (χ4v) is 14.3. The molecule has 4 aliphatic carbocycles. The average Bonchev–Trinajstić information content (AvgIpc) is 3.88. The number of ether oxygens (including phenoxy) is 4. The number of hydrogen-bond donors (Lipinski definition) is 1. The van der Waals surface area contributed by atoms with E-state index in [1.165, 1.54) is 75.3 Å². The molecule has 63 heavy (non-hydrogen) atoms. The number of rotatable bonds is 11. The van der Waals surface area contributed by atoms with Crippen LogP contribution in [0.15, 0.2) is 84.9 Å². The van der Waals surface area contributed by atoms with Gasteiger partial charge in [0.15, 0.2) is 0 Å². The molecule has 0 aromatic heterocycles. The minimum atomic E-state index is -1.29. The molecule has 10 atom stereocenters. The number of hydrogen-bond acceptors (Lipinski definition) is 8. The normalized spacial score (nSPS) is 32.2. The van der Waals surface area contributed by atoms with Gasteiger partial charge < -0.3 is 24.1 Å². The van der Waals surface area contributed by atoms with E-state index in [1.54, 1.807) is 36.4 Å². The maximum atomic E-state index is 12.3. The van der Waals surface area contributed by atoms with Crippen molar-refractivity contribution in [2.45, 2.75) is 123 Å². The molecule has 0 amide bonds. The van der Waals surface area contributed by atoms with Gasteiger partial charge in [-0.15, -0.1) is 0 Å². The van der Waals surface area contributed by atoms with Crippen LogP contribution in [0.1, 0.15) is 166 Å². The van der Waals surface area contributed by atoms with E-state index in [0.29, 0.717) is 50.9 Å². The van der Waals surface area contributed by atoms with Crippen molar-refractivity contribution in [1.82, 2.24) is 0 Å². The Morgan fingerprint density at radius 1 is 0.635 bits per heavy atom. The first kappa shape index (κ1) is 42.0. The van der Waals surface area contributed by atoms with Crippen molar-refractivity contribution >= 4 is 17.9 Å². The van der Waals surface area contributed by atoms with Crippen molar-refractivity contribution in [2.75, 3.05) is 0 Å². The molecule has 8 heteroatoms. The van der Waals surface area contributed by atoms with Gasteiger partial charge in [0, 0.05) is 11.0 Å². The first-order valence-electron chi connectivity index (χ1n) is 23.8. The van der Waals surface area contributed by atoms with Gasteiger partial charge >= 0.3 is 17.9 Å². The number of esters is 3. The van der Waals surface area contributed by atoms with Gasteiger partial charge in [0.05, 0.1) is 16.7 Å². The number of benzene rings is 4. The third-order valence-corrected chi connectivity index (χ3v) is 17.6. The zero-order valence-corrected chi connectivity index (χ0v) is 37.5. The molecule has 2 heterocycles. The summed E-state index contributed by atoms with van der Waals surface area (Å²) in [4.78, 5) is 36.4. The third kappa shape index (κ3) is 7.19. The molecule has 4 fully saturated rings. The number of aliphatic hydroxyl groups excluding tert-OH is 1. The maximum absolute atomic E-state index is 12.3. The second-order valence-corrected chi connectivity index (χ2v) is 21.1. The SMILES string of the molecule is CC(C)CCCC(C)C1CCC2C3CCC4CC(c5ccc(Oc6ccc7c(c6)C(=O)OC7=O)cc5)(c5ccc(Oc6ccc7c(c6)C(O)OC7=O)cc5)CCC4(C)C3CCC12C. The van der Waals surface area contributed by atoms with Crippen LogP contribution < -0.4 is 9.47 Å². The quantitative estimate of drug-likeness (QED) is 0.117. The molecule has 8 nitrogen and oxygen atoms in total. The first-order valence-corrected chi connectivity index (χ1v) is 23.8. The topological polar surface area (TPSA) is 108 Å². The number of carbonyl (C=O) groups excluding carboxylic acids is 3. The summed E-state index contributed by atoms with van der Waals surface area (Å²) in [5.41, 5.74) is 4.30. The van der Waals surface area contributed by atoms with Crippen LogP contribution in [-0.4, -0.2) is 23.0 Å². The Labute approximate surface area is 372 Å². The van der Waals surface area contributed by atoms with Crippen LogP contribution in [0, 0.1) is 52.3 Å². The Kier molecular flexibility index (Phi) is 10.6. The fourth-order valence-electron chi connectivity index (χ4n) is 14.3. The Hall–Kier alpha value is -4.95. The molecule has 0 bridgehead atoms. The Bertz CT molecular complexity index is 2420. The predicted molar refractivity (Wildman–Crippen MR) is 240 cm³/mol. The third-order valence-electron chi connectivity index (χ3n) is 17.6. The Morgan fingerprint density at radius 2 is 1.25 bits per heavy atom. The smallest absolute Gasteiger partial charge is 0.347 e. The van der Waals surface area contributed by atoms with E-state index >= 15 is 0 Å². The van der Waals surface area contributed by atoms with E-state index in [4.69, 9.17) is 18.9 Å². The summed E-state index contributed by atoms with van der Waals surface area (Å²) in [6.45, 7) is 12.7. The summed E-state index contributed by atoms with van der Waals surface area (Å²) < 4.78 is 22.3. The lowest BCUT2D eigenvalue weighted by Gasteiger charge is -2.63. The van der Waals surface area contributed by atoms with Gasteiger partial charge in [0.2, 0.25) is 6.29 Å². The second-order valence-electron chi connectivity index (χ2n) is 21.1. The van der Waals surface area contributed by atoms with Crippen molar-refractivity contribution in [3.63, 3.8) is 0 Å². The lowest BCUT2D eigenvalue weighted by molar-refractivity contribution is -0.122. The van der Waals surface area contributed by atoms with E-state index < -0.39 is 24.2 Å². The van der Waals surface area contributed by atoms with Crippen molar-refractivity contribution in [2.24, 2.45) is 52.3 Å². The van der Waals surface area contributed by atoms with Gasteiger partial charge in [-0.25, -0.2) is 14.4 Å². The van der Waals surface area contributed by atoms with Crippen LogP contribution in [0.4, 0.5) is 0 Å². The van der Waals surface area contributed by atoms with Crippen LogP contribution in [0.3, 0.4) is 0 Å². The molecule has 10 rings (SSSR count). The molecule has 6 aliphatic rings. The van der Waals surface area contributed by atoms with Gasteiger partial charge in [-0.3, -0.25) is 0 Å². The van der Waals surface area contributed by atoms with E-state index in [0.717, 1.165) is 48.3 Å². The highest BCUT2D eigenvalue weighted by Gasteiger charge is 2.62. The number of fused-ring (bicyclic) bond motifs is 7. The molecule has 0 radical (unpaired) electrons. The molecule has 2 aliphatic heterocycles. The standard InChI is InChI=1S/C55H62O8/c1-32(2)7-6-8-33(3)46-23-24-47-43-20-13-36-31-55(28-27-53(36,4)48(43)25-26-54(46,47)5,34-9-14-37(15-10-34)60-39-18-21-41-44(29-39)51(58)62-49(41)56)35-11-16-38(17-12-35)61-40-19-22-42-45(30-40)52(59)63-50(42)57/h9-12,14-19,21-22,29-30,32-33,36,43,46-48,51,58H,6-8,13,20,23-28,31H2,1-5H3. The number of carbonyl (C=O) groups is 3. The average molecular weight is 851 g/mol. The molecular weight excluding hydrogens is 789 g/mol. The fraction of sp³-hybridized carbons (Fsp3) is 0.509. The summed E-state index contributed by atoms with van der Waals surface area (Å²) in [7, 11) is 0. The van der Waals surface area contributed by atoms with E-state index in [2.05, 4.69) is 58.9 Å². The predicted octanol–water partition coefficient (Wildman–Crippen LogP) is 13.2. The lowest BCUT2D eigenvalue weighted by atomic mass is 9.42. The molecule has 4 aromatic carbocycles. The molecule has 1 N–H and O–H groups in total. The van der Waals surface area contributed by atoms with Gasteiger partial charge in [-0.2, -0.15) is 0 Å². The first-order chi connectivity index (χ1) is 30.3. The molecule has 4 aromatic rings. The van der Waals surface area contributed by atoms with E-state index in [-0.39, 0.29) is 16.5 Å². The highest BCUT2D eigenvalue weighted by molar-refractivity contribution is 6.14. The number of aliphatic hydroxyl groups is 1. The Morgan fingerprint density at radius 3 is 1.94 bits per heavy atom. The van der Waals surface area contributed by atoms with Crippen LogP contribution in [0.5, 0.6) is 23.0 Å². The zero-order chi connectivity index (χ0) is 43.8. The summed E-state index contributed by atoms with van der Waals surface area (Å²) in [5.74, 6) is 5.98. The highest BCUT2D eigenvalue weighted by Crippen LogP contribution is 2.70. The van der Waals surface area contributed by atoms with Crippen LogP contribution in [0.2, 0.25) is 0 Å². The van der Waals surface area contributed by atoms with Gasteiger partial charge in [-0.05, 0) is 182 Å². The van der Waals surface area contributed by atoms with Crippen LogP contribution in [0.25, 0.3) is 0 Å². The van der Waals surface area contributed by atoms with Crippen molar-refractivity contribution in [3.05, 3.63) is 118 Å². The Balaban J connectivity index is 0.917. The largest absolute Gasteiger partial charge is 0.457 e. The van der Waals surface area contributed by atoms with Gasteiger partial charge in [-0.1, -0.05) is 78.1 Å².